The first-order valence-electron chi connectivity index (χ1n) is 9.04. The van der Waals surface area contributed by atoms with E-state index in [0.29, 0.717) is 29.6 Å². The van der Waals surface area contributed by atoms with Crippen LogP contribution in [0.2, 0.25) is 0 Å². The number of aryl methyl sites for hydroxylation is 1. The Bertz CT molecular complexity index is 1080. The van der Waals surface area contributed by atoms with E-state index in [1.807, 2.05) is 24.4 Å². The number of hydrogen-bond donors (Lipinski definition) is 2. The summed E-state index contributed by atoms with van der Waals surface area (Å²) in [6, 6.07) is 15.1. The second-order valence-corrected chi connectivity index (χ2v) is 6.41. The SMILES string of the molecule is Cc1nc(COc2ccc(C(=O)NCCc3c[nH]c4ccccc34)cc2)no1. The van der Waals surface area contributed by atoms with Gasteiger partial charge in [0.15, 0.2) is 6.61 Å². The highest BCUT2D eigenvalue weighted by molar-refractivity contribution is 5.94. The number of carbonyl (C=O) groups excluding carboxylic acids is 1. The molecule has 2 N–H and O–H groups in total. The maximum atomic E-state index is 12.3. The Labute approximate surface area is 161 Å². The van der Waals surface area contributed by atoms with Gasteiger partial charge >= 0.3 is 0 Å². The quantitative estimate of drug-likeness (QED) is 0.516. The van der Waals surface area contributed by atoms with Crippen molar-refractivity contribution in [3.63, 3.8) is 0 Å². The summed E-state index contributed by atoms with van der Waals surface area (Å²) in [5.74, 6) is 1.51. The lowest BCUT2D eigenvalue weighted by molar-refractivity contribution is 0.0954. The van der Waals surface area contributed by atoms with Gasteiger partial charge in [0.1, 0.15) is 5.75 Å². The predicted molar refractivity (Wildman–Crippen MR) is 104 cm³/mol. The van der Waals surface area contributed by atoms with Gasteiger partial charge in [0.05, 0.1) is 0 Å². The number of ether oxygens (including phenoxy) is 1. The van der Waals surface area contributed by atoms with Crippen molar-refractivity contribution in [1.82, 2.24) is 20.4 Å². The third-order valence-corrected chi connectivity index (χ3v) is 4.41. The van der Waals surface area contributed by atoms with E-state index in [2.05, 4.69) is 26.5 Å². The Morgan fingerprint density at radius 1 is 1.18 bits per heavy atom. The van der Waals surface area contributed by atoms with Crippen molar-refractivity contribution >= 4 is 16.8 Å². The molecule has 142 valence electrons. The van der Waals surface area contributed by atoms with Crippen LogP contribution in [-0.4, -0.2) is 27.6 Å². The number of aromatic nitrogens is 3. The van der Waals surface area contributed by atoms with Crippen LogP contribution in [0.4, 0.5) is 0 Å². The van der Waals surface area contributed by atoms with E-state index in [4.69, 9.17) is 9.26 Å². The molecule has 2 heterocycles. The molecule has 0 atom stereocenters. The molecule has 0 unspecified atom stereocenters. The number of para-hydroxylation sites is 1. The minimum absolute atomic E-state index is 0.111. The molecule has 0 saturated heterocycles. The summed E-state index contributed by atoms with van der Waals surface area (Å²) in [4.78, 5) is 19.7. The lowest BCUT2D eigenvalue weighted by Crippen LogP contribution is -2.25. The van der Waals surface area contributed by atoms with Crippen molar-refractivity contribution in [2.24, 2.45) is 0 Å². The summed E-state index contributed by atoms with van der Waals surface area (Å²) < 4.78 is 10.5. The van der Waals surface area contributed by atoms with E-state index in [0.717, 1.165) is 11.9 Å². The molecule has 0 aliphatic rings. The molecule has 28 heavy (non-hydrogen) atoms. The fourth-order valence-electron chi connectivity index (χ4n) is 3.00. The van der Waals surface area contributed by atoms with Crippen LogP contribution in [0, 0.1) is 6.92 Å². The Morgan fingerprint density at radius 3 is 2.79 bits per heavy atom. The normalized spacial score (nSPS) is 10.9. The first-order valence-corrected chi connectivity index (χ1v) is 9.04. The van der Waals surface area contributed by atoms with Crippen molar-refractivity contribution in [1.29, 1.82) is 0 Å². The Hall–Kier alpha value is -3.61. The van der Waals surface area contributed by atoms with E-state index >= 15 is 0 Å². The lowest BCUT2D eigenvalue weighted by Gasteiger charge is -2.07. The van der Waals surface area contributed by atoms with E-state index in [1.165, 1.54) is 10.9 Å². The molecule has 4 aromatic rings. The van der Waals surface area contributed by atoms with E-state index < -0.39 is 0 Å². The standard InChI is InChI=1S/C21H20N4O3/c1-14-24-20(25-28-14)13-27-17-8-6-15(7-9-17)21(26)22-11-10-16-12-23-19-5-3-2-4-18(16)19/h2-9,12,23H,10-11,13H2,1H3,(H,22,26). The van der Waals surface area contributed by atoms with Crippen LogP contribution in [0.5, 0.6) is 5.75 Å². The van der Waals surface area contributed by atoms with Gasteiger partial charge in [0.25, 0.3) is 5.91 Å². The van der Waals surface area contributed by atoms with Gasteiger partial charge in [-0.1, -0.05) is 23.4 Å². The van der Waals surface area contributed by atoms with Crippen molar-refractivity contribution < 1.29 is 14.1 Å². The van der Waals surface area contributed by atoms with Crippen LogP contribution in [-0.2, 0) is 13.0 Å². The first kappa shape index (κ1) is 17.8. The van der Waals surface area contributed by atoms with Crippen LogP contribution in [0.3, 0.4) is 0 Å². The summed E-state index contributed by atoms with van der Waals surface area (Å²) in [6.45, 7) is 2.51. The average Bonchev–Trinajstić information content (AvgIpc) is 3.33. The number of aromatic amines is 1. The van der Waals surface area contributed by atoms with Crippen LogP contribution >= 0.6 is 0 Å². The van der Waals surface area contributed by atoms with Crippen molar-refractivity contribution in [2.75, 3.05) is 6.54 Å². The minimum atomic E-state index is -0.111. The molecular formula is C21H20N4O3. The zero-order chi connectivity index (χ0) is 19.3. The van der Waals surface area contributed by atoms with E-state index in [1.54, 1.807) is 31.2 Å². The highest BCUT2D eigenvalue weighted by Gasteiger charge is 2.08. The number of hydrogen-bond acceptors (Lipinski definition) is 5. The number of carbonyl (C=O) groups is 1. The smallest absolute Gasteiger partial charge is 0.251 e. The minimum Gasteiger partial charge on any atom is -0.485 e. The molecule has 0 spiro atoms. The predicted octanol–water partition coefficient (Wildman–Crippen LogP) is 3.41. The topological polar surface area (TPSA) is 93.0 Å². The Morgan fingerprint density at radius 2 is 2.00 bits per heavy atom. The van der Waals surface area contributed by atoms with Crippen molar-refractivity contribution in [3.8, 4) is 5.75 Å². The van der Waals surface area contributed by atoms with Crippen LogP contribution < -0.4 is 10.1 Å². The molecule has 7 nitrogen and oxygen atoms in total. The van der Waals surface area contributed by atoms with Gasteiger partial charge < -0.3 is 19.6 Å². The Kier molecular flexibility index (Phi) is 5.05. The fraction of sp³-hybridized carbons (Fsp3) is 0.190. The monoisotopic (exact) mass is 376 g/mol. The average molecular weight is 376 g/mol. The van der Waals surface area contributed by atoms with Crippen LogP contribution in [0.1, 0.15) is 27.6 Å². The second-order valence-electron chi connectivity index (χ2n) is 6.41. The van der Waals surface area contributed by atoms with E-state index in [9.17, 15) is 4.79 Å². The number of rotatable bonds is 7. The molecular weight excluding hydrogens is 356 g/mol. The van der Waals surface area contributed by atoms with Crippen molar-refractivity contribution in [3.05, 3.63) is 77.6 Å². The molecule has 2 aromatic heterocycles. The van der Waals surface area contributed by atoms with Crippen LogP contribution in [0.25, 0.3) is 10.9 Å². The summed E-state index contributed by atoms with van der Waals surface area (Å²) in [6.07, 6.45) is 2.76. The van der Waals surface area contributed by atoms with Gasteiger partial charge in [-0.3, -0.25) is 4.79 Å². The lowest BCUT2D eigenvalue weighted by atomic mass is 10.1. The highest BCUT2D eigenvalue weighted by Crippen LogP contribution is 2.18. The largest absolute Gasteiger partial charge is 0.485 e. The van der Waals surface area contributed by atoms with E-state index in [-0.39, 0.29) is 12.5 Å². The number of H-pyrrole nitrogens is 1. The molecule has 0 aliphatic heterocycles. The van der Waals surface area contributed by atoms with Gasteiger partial charge in [-0.25, -0.2) is 0 Å². The van der Waals surface area contributed by atoms with Crippen LogP contribution in [0.15, 0.2) is 59.3 Å². The third-order valence-electron chi connectivity index (χ3n) is 4.41. The number of fused-ring (bicyclic) bond motifs is 1. The molecule has 2 aromatic carbocycles. The number of amides is 1. The molecule has 0 fully saturated rings. The molecule has 0 saturated carbocycles. The molecule has 0 radical (unpaired) electrons. The number of nitrogens with zero attached hydrogens (tertiary/aromatic N) is 2. The van der Waals surface area contributed by atoms with Gasteiger partial charge in [-0.05, 0) is 42.3 Å². The first-order chi connectivity index (χ1) is 13.7. The fourth-order valence-corrected chi connectivity index (χ4v) is 3.00. The van der Waals surface area contributed by atoms with Gasteiger partial charge in [0.2, 0.25) is 11.7 Å². The zero-order valence-electron chi connectivity index (χ0n) is 15.4. The number of nitrogens with one attached hydrogen (secondary N) is 2. The summed E-state index contributed by atoms with van der Waals surface area (Å²) in [7, 11) is 0. The molecule has 0 bridgehead atoms. The van der Waals surface area contributed by atoms with Gasteiger partial charge in [-0.15, -0.1) is 0 Å². The number of benzene rings is 2. The molecule has 0 aliphatic carbocycles. The zero-order valence-corrected chi connectivity index (χ0v) is 15.4. The molecule has 7 heteroatoms. The molecule has 4 rings (SSSR count). The van der Waals surface area contributed by atoms with Gasteiger partial charge in [-0.2, -0.15) is 4.98 Å². The highest BCUT2D eigenvalue weighted by atomic mass is 16.5. The maximum Gasteiger partial charge on any atom is 0.251 e. The van der Waals surface area contributed by atoms with Crippen molar-refractivity contribution in [2.45, 2.75) is 20.0 Å². The summed E-state index contributed by atoms with van der Waals surface area (Å²) in [5, 5.41) is 7.92. The molecule has 1 amide bonds. The summed E-state index contributed by atoms with van der Waals surface area (Å²) >= 11 is 0. The summed E-state index contributed by atoms with van der Waals surface area (Å²) in [5.41, 5.74) is 2.88. The second kappa shape index (κ2) is 7.96. The maximum absolute atomic E-state index is 12.3. The van der Waals surface area contributed by atoms with Gasteiger partial charge in [0, 0.05) is 36.1 Å². The Balaban J connectivity index is 1.28. The third kappa shape index (κ3) is 4.03.